The van der Waals surface area contributed by atoms with Crippen molar-refractivity contribution in [3.8, 4) is 0 Å². The second-order valence-corrected chi connectivity index (χ2v) is 8.08. The minimum absolute atomic E-state index is 0.0476. The highest BCUT2D eigenvalue weighted by molar-refractivity contribution is 5.92. The van der Waals surface area contributed by atoms with Crippen molar-refractivity contribution in [1.82, 2.24) is 19.6 Å². The second-order valence-electron chi connectivity index (χ2n) is 8.08. The van der Waals surface area contributed by atoms with Crippen molar-refractivity contribution in [2.24, 2.45) is 5.92 Å². The van der Waals surface area contributed by atoms with Gasteiger partial charge in [0.2, 0.25) is 0 Å². The number of likely N-dealkylation sites (tertiary alicyclic amines) is 1. The Labute approximate surface area is 156 Å². The minimum atomic E-state index is -0.485. The van der Waals surface area contributed by atoms with Gasteiger partial charge in [-0.2, -0.15) is 5.10 Å². The molecule has 1 aromatic heterocycles. The molecule has 0 atom stereocenters. The fraction of sp³-hybridized carbons (Fsp3) is 0.737. The summed E-state index contributed by atoms with van der Waals surface area (Å²) in [7, 11) is 1.77. The highest BCUT2D eigenvalue weighted by Crippen LogP contribution is 2.21. The Hall–Kier alpha value is -2.05. The van der Waals surface area contributed by atoms with E-state index < -0.39 is 5.60 Å². The average molecular weight is 364 g/mol. The molecule has 1 saturated heterocycles. The van der Waals surface area contributed by atoms with Crippen molar-refractivity contribution in [2.75, 3.05) is 26.7 Å². The molecule has 7 nitrogen and oxygen atoms in total. The van der Waals surface area contributed by atoms with E-state index in [0.717, 1.165) is 18.5 Å². The van der Waals surface area contributed by atoms with E-state index in [2.05, 4.69) is 5.10 Å². The van der Waals surface area contributed by atoms with E-state index in [1.165, 1.54) is 0 Å². The molecule has 0 aliphatic carbocycles. The molecule has 2 amide bonds. The molecule has 0 spiro atoms. The predicted octanol–water partition coefficient (Wildman–Crippen LogP) is 2.93. The lowest BCUT2D eigenvalue weighted by Gasteiger charge is -2.34. The van der Waals surface area contributed by atoms with Gasteiger partial charge in [0.1, 0.15) is 11.3 Å². The van der Waals surface area contributed by atoms with Gasteiger partial charge in [-0.05, 0) is 59.4 Å². The van der Waals surface area contributed by atoms with Crippen molar-refractivity contribution in [3.05, 3.63) is 17.5 Å². The number of hydrogen-bond acceptors (Lipinski definition) is 4. The Kier molecular flexibility index (Phi) is 6.31. The van der Waals surface area contributed by atoms with Gasteiger partial charge in [0.05, 0.1) is 5.69 Å². The van der Waals surface area contributed by atoms with Crippen LogP contribution in [0.2, 0.25) is 0 Å². The van der Waals surface area contributed by atoms with Gasteiger partial charge in [0.15, 0.2) is 0 Å². The number of aromatic nitrogens is 2. The summed E-state index contributed by atoms with van der Waals surface area (Å²) >= 11 is 0. The SMILES string of the molecule is CCn1nc(C)cc1C(=O)N1CCC(CN(C)C(=O)OC(C)(C)C)CC1. The zero-order chi connectivity index (χ0) is 19.5. The Morgan fingerprint density at radius 3 is 2.46 bits per heavy atom. The fourth-order valence-electron chi connectivity index (χ4n) is 3.24. The molecule has 0 bridgehead atoms. The summed E-state index contributed by atoms with van der Waals surface area (Å²) in [6, 6.07) is 1.86. The van der Waals surface area contributed by atoms with Crippen LogP contribution >= 0.6 is 0 Å². The molecule has 26 heavy (non-hydrogen) atoms. The number of amides is 2. The maximum absolute atomic E-state index is 12.8. The smallest absolute Gasteiger partial charge is 0.410 e. The fourth-order valence-corrected chi connectivity index (χ4v) is 3.24. The molecule has 1 fully saturated rings. The van der Waals surface area contributed by atoms with E-state index in [1.54, 1.807) is 16.6 Å². The topological polar surface area (TPSA) is 67.7 Å². The number of aryl methyl sites for hydroxylation is 2. The van der Waals surface area contributed by atoms with Crippen molar-refractivity contribution in [3.63, 3.8) is 0 Å². The van der Waals surface area contributed by atoms with Crippen LogP contribution in [0.1, 0.15) is 56.7 Å². The second kappa shape index (κ2) is 8.10. The van der Waals surface area contributed by atoms with E-state index in [0.29, 0.717) is 37.8 Å². The molecule has 0 aromatic carbocycles. The molecule has 146 valence electrons. The van der Waals surface area contributed by atoms with E-state index >= 15 is 0 Å². The van der Waals surface area contributed by atoms with Crippen molar-refractivity contribution < 1.29 is 14.3 Å². The molecule has 0 N–H and O–H groups in total. The van der Waals surface area contributed by atoms with Crippen LogP contribution in [-0.4, -0.2) is 63.9 Å². The molecule has 2 heterocycles. The van der Waals surface area contributed by atoms with Gasteiger partial charge < -0.3 is 14.5 Å². The van der Waals surface area contributed by atoms with Crippen LogP contribution in [0.5, 0.6) is 0 Å². The monoisotopic (exact) mass is 364 g/mol. The van der Waals surface area contributed by atoms with Gasteiger partial charge in [-0.3, -0.25) is 9.48 Å². The zero-order valence-electron chi connectivity index (χ0n) is 16.9. The third-order valence-electron chi connectivity index (χ3n) is 4.56. The van der Waals surface area contributed by atoms with Crippen molar-refractivity contribution in [2.45, 2.75) is 59.6 Å². The van der Waals surface area contributed by atoms with Crippen molar-refractivity contribution in [1.29, 1.82) is 0 Å². The highest BCUT2D eigenvalue weighted by atomic mass is 16.6. The molecule has 2 rings (SSSR count). The molecule has 0 radical (unpaired) electrons. The summed E-state index contributed by atoms with van der Waals surface area (Å²) in [5.41, 5.74) is 1.04. The number of hydrogen-bond donors (Lipinski definition) is 0. The summed E-state index contributed by atoms with van der Waals surface area (Å²) in [4.78, 5) is 28.4. The number of piperidine rings is 1. The van der Waals surface area contributed by atoms with Gasteiger partial charge in [-0.25, -0.2) is 4.79 Å². The number of carbonyl (C=O) groups is 2. The van der Waals surface area contributed by atoms with Crippen LogP contribution in [0.15, 0.2) is 6.07 Å². The lowest BCUT2D eigenvalue weighted by atomic mass is 9.96. The van der Waals surface area contributed by atoms with Crippen LogP contribution in [0.25, 0.3) is 0 Å². The molecular formula is C19H32N4O3. The van der Waals surface area contributed by atoms with Crippen LogP contribution < -0.4 is 0 Å². The molecule has 1 aliphatic heterocycles. The maximum atomic E-state index is 12.8. The van der Waals surface area contributed by atoms with Crippen LogP contribution in [0.3, 0.4) is 0 Å². The predicted molar refractivity (Wildman–Crippen MR) is 100 cm³/mol. The Morgan fingerprint density at radius 2 is 1.92 bits per heavy atom. The van der Waals surface area contributed by atoms with Gasteiger partial charge in [-0.1, -0.05) is 0 Å². The van der Waals surface area contributed by atoms with Crippen LogP contribution in [0.4, 0.5) is 4.79 Å². The zero-order valence-corrected chi connectivity index (χ0v) is 16.9. The quantitative estimate of drug-likeness (QED) is 0.824. The van der Waals surface area contributed by atoms with Gasteiger partial charge in [0.25, 0.3) is 5.91 Å². The summed E-state index contributed by atoms with van der Waals surface area (Å²) in [5.74, 6) is 0.431. The normalized spacial score (nSPS) is 15.8. The van der Waals surface area contributed by atoms with Gasteiger partial charge >= 0.3 is 6.09 Å². The highest BCUT2D eigenvalue weighted by Gasteiger charge is 2.28. The van der Waals surface area contributed by atoms with Crippen molar-refractivity contribution >= 4 is 12.0 Å². The van der Waals surface area contributed by atoms with Gasteiger partial charge in [-0.15, -0.1) is 0 Å². The third-order valence-corrected chi connectivity index (χ3v) is 4.56. The lowest BCUT2D eigenvalue weighted by Crippen LogP contribution is -2.43. The molecule has 0 unspecified atom stereocenters. The van der Waals surface area contributed by atoms with E-state index in [4.69, 9.17) is 4.74 Å². The maximum Gasteiger partial charge on any atom is 0.410 e. The molecule has 7 heteroatoms. The molecule has 0 saturated carbocycles. The third kappa shape index (κ3) is 5.22. The minimum Gasteiger partial charge on any atom is -0.444 e. The molecule has 1 aromatic rings. The molecule has 1 aliphatic rings. The Morgan fingerprint density at radius 1 is 1.31 bits per heavy atom. The van der Waals surface area contributed by atoms with E-state index in [-0.39, 0.29) is 12.0 Å². The number of carbonyl (C=O) groups excluding carboxylic acids is 2. The first-order valence-electron chi connectivity index (χ1n) is 9.38. The van der Waals surface area contributed by atoms with Gasteiger partial charge in [0, 0.05) is 33.2 Å². The first kappa shape index (κ1) is 20.3. The summed E-state index contributed by atoms with van der Waals surface area (Å²) in [6.45, 7) is 12.3. The summed E-state index contributed by atoms with van der Waals surface area (Å²) < 4.78 is 7.16. The lowest BCUT2D eigenvalue weighted by molar-refractivity contribution is 0.0245. The van der Waals surface area contributed by atoms with Crippen LogP contribution in [0, 0.1) is 12.8 Å². The van der Waals surface area contributed by atoms with E-state index in [1.807, 2.05) is 45.6 Å². The first-order valence-corrected chi connectivity index (χ1v) is 9.38. The first-order chi connectivity index (χ1) is 12.1. The standard InChI is InChI=1S/C19H32N4O3/c1-7-23-16(12-14(2)20-23)17(24)22-10-8-15(9-11-22)13-21(6)18(25)26-19(3,4)5/h12,15H,7-11,13H2,1-6H3. The van der Waals surface area contributed by atoms with Crippen LogP contribution in [-0.2, 0) is 11.3 Å². The number of rotatable bonds is 4. The average Bonchev–Trinajstić information content (AvgIpc) is 2.94. The Bertz CT molecular complexity index is 640. The van der Waals surface area contributed by atoms with E-state index in [9.17, 15) is 9.59 Å². The largest absolute Gasteiger partial charge is 0.444 e. The summed E-state index contributed by atoms with van der Waals surface area (Å²) in [5, 5.41) is 4.36. The summed E-state index contributed by atoms with van der Waals surface area (Å²) in [6.07, 6.45) is 1.48. The Balaban J connectivity index is 1.87. The number of ether oxygens (including phenoxy) is 1. The molecular weight excluding hydrogens is 332 g/mol. The number of nitrogens with zero attached hydrogens (tertiary/aromatic N) is 4.